The van der Waals surface area contributed by atoms with Gasteiger partial charge in [0, 0.05) is 17.7 Å². The maximum absolute atomic E-state index is 14.7. The molecule has 17 heteroatoms. The Kier molecular flexibility index (Phi) is 11.3. The third kappa shape index (κ3) is 8.42. The molecule has 306 valence electrons. The zero-order valence-electron chi connectivity index (χ0n) is 32.5. The van der Waals surface area contributed by atoms with Gasteiger partial charge < -0.3 is 29.7 Å². The van der Waals surface area contributed by atoms with E-state index >= 15 is 0 Å². The van der Waals surface area contributed by atoms with Gasteiger partial charge in [-0.15, -0.1) is 0 Å². The topological polar surface area (TPSA) is 182 Å². The summed E-state index contributed by atoms with van der Waals surface area (Å²) in [6.45, 7) is 7.63. The van der Waals surface area contributed by atoms with Gasteiger partial charge in [-0.05, 0) is 89.3 Å². The molecular weight excluding hydrogens is 753 g/mol. The number of ether oxygens (including phenoxy) is 3. The number of nitrogens with zero attached hydrogens (tertiary/aromatic N) is 2. The molecule has 4 amide bonds. The minimum Gasteiger partial charge on any atom is -0.494 e. The van der Waals surface area contributed by atoms with Crippen LogP contribution in [0.4, 0.5) is 13.6 Å². The second-order valence-corrected chi connectivity index (χ2v) is 18.9. The van der Waals surface area contributed by atoms with Crippen LogP contribution in [0.1, 0.15) is 79.6 Å². The summed E-state index contributed by atoms with van der Waals surface area (Å²) in [4.78, 5) is 61.9. The summed E-state index contributed by atoms with van der Waals surface area (Å²) < 4.78 is 72.3. The molecule has 2 aliphatic carbocycles. The molecule has 3 fully saturated rings. The van der Waals surface area contributed by atoms with Gasteiger partial charge in [0.25, 0.3) is 5.91 Å². The minimum atomic E-state index is -4.41. The van der Waals surface area contributed by atoms with E-state index in [0.717, 1.165) is 0 Å². The van der Waals surface area contributed by atoms with E-state index in [1.165, 1.54) is 36.4 Å². The number of alkyl carbamates (subject to hydrolysis) is 1. The first kappa shape index (κ1) is 41.1. The van der Waals surface area contributed by atoms with Crippen molar-refractivity contribution in [3.63, 3.8) is 0 Å². The van der Waals surface area contributed by atoms with Gasteiger partial charge in [-0.2, -0.15) is 0 Å². The Balaban J connectivity index is 1.36. The first-order chi connectivity index (χ1) is 26.3. The molecule has 4 aliphatic rings. The van der Waals surface area contributed by atoms with Crippen molar-refractivity contribution in [1.29, 1.82) is 0 Å². The summed E-state index contributed by atoms with van der Waals surface area (Å²) in [5.41, 5.74) is -2.57. The number of aromatic nitrogens is 1. The van der Waals surface area contributed by atoms with Crippen LogP contribution in [0, 0.1) is 23.6 Å². The van der Waals surface area contributed by atoms with E-state index in [0.29, 0.717) is 35.8 Å². The number of benzene rings is 1. The summed E-state index contributed by atoms with van der Waals surface area (Å²) >= 11 is 0. The summed E-state index contributed by atoms with van der Waals surface area (Å²) in [7, 11) is -2.96. The number of pyridine rings is 1. The summed E-state index contributed by atoms with van der Waals surface area (Å²) in [5.74, 6) is -3.41. The quantitative estimate of drug-likeness (QED) is 0.323. The predicted octanol–water partition coefficient (Wildman–Crippen LogP) is 4.46. The molecule has 1 aromatic carbocycles. The van der Waals surface area contributed by atoms with Crippen molar-refractivity contribution >= 4 is 44.6 Å². The van der Waals surface area contributed by atoms with Crippen molar-refractivity contribution in [2.24, 2.45) is 17.8 Å². The van der Waals surface area contributed by atoms with Crippen LogP contribution in [0.2, 0.25) is 0 Å². The number of fused-ring (bicyclic) bond motifs is 3. The van der Waals surface area contributed by atoms with Gasteiger partial charge in [-0.25, -0.2) is 27.0 Å². The van der Waals surface area contributed by atoms with Gasteiger partial charge >= 0.3 is 6.09 Å². The Morgan fingerprint density at radius 1 is 1.12 bits per heavy atom. The molecule has 2 saturated carbocycles. The van der Waals surface area contributed by atoms with Crippen molar-refractivity contribution in [2.45, 2.75) is 114 Å². The maximum Gasteiger partial charge on any atom is 0.408 e. The molecule has 0 spiro atoms. The van der Waals surface area contributed by atoms with Gasteiger partial charge in [-0.1, -0.05) is 26.0 Å². The second-order valence-electron chi connectivity index (χ2n) is 16.8. The van der Waals surface area contributed by atoms with E-state index in [1.807, 2.05) is 19.9 Å². The monoisotopic (exact) mass is 803 g/mol. The number of hydrogen-bond donors (Lipinski definition) is 3. The number of carbonyl (C=O) groups excluding carboxylic acids is 4. The van der Waals surface area contributed by atoms with E-state index in [2.05, 4.69) is 20.3 Å². The number of allylic oxidation sites excluding steroid dienone is 1. The molecule has 2 aliphatic heterocycles. The fourth-order valence-electron chi connectivity index (χ4n) is 7.76. The van der Waals surface area contributed by atoms with Gasteiger partial charge in [0.2, 0.25) is 27.7 Å². The van der Waals surface area contributed by atoms with Crippen LogP contribution in [0.5, 0.6) is 11.6 Å². The molecule has 3 heterocycles. The lowest BCUT2D eigenvalue weighted by atomic mass is 9.88. The lowest BCUT2D eigenvalue weighted by Gasteiger charge is -2.33. The molecule has 0 bridgehead atoms. The lowest BCUT2D eigenvalue weighted by Crippen LogP contribution is -2.59. The number of rotatable bonds is 8. The fraction of sp³-hybridized carbons (Fsp3) is 0.615. The van der Waals surface area contributed by atoms with Crippen LogP contribution in [-0.2, 0) is 29.1 Å². The first-order valence-corrected chi connectivity index (χ1v) is 20.5. The largest absolute Gasteiger partial charge is 0.494 e. The molecule has 7 unspecified atom stereocenters. The Labute approximate surface area is 325 Å². The number of amides is 4. The standard InChI is InChI=1S/C39H51F2N5O9S/c1-22-9-7-8-10-24-18-39(24,35(49)45-56(51,52)38(21-40)13-14-38)44-32(47)29-17-26(54-33-28-16-25(41)11-12-27(28)30(53-6)19-42-33)20-46(29)34(48)31(23(2)15-22)43-36(50)55-37(3,4)5/h8,10-12,16,19,22-24,26,29,31H,7,9,13-15,17-18,20-21H2,1-6H3,(H,43,50)(H,44,47)(H,45,49). The lowest BCUT2D eigenvalue weighted by molar-refractivity contribution is -0.142. The number of hydrogen-bond acceptors (Lipinski definition) is 10. The van der Waals surface area contributed by atoms with Crippen LogP contribution in [0.15, 0.2) is 36.5 Å². The molecule has 2 aromatic rings. The Morgan fingerprint density at radius 2 is 1.86 bits per heavy atom. The predicted molar refractivity (Wildman–Crippen MR) is 201 cm³/mol. The molecule has 3 N–H and O–H groups in total. The van der Waals surface area contributed by atoms with Crippen molar-refractivity contribution in [2.75, 3.05) is 20.3 Å². The molecule has 1 saturated heterocycles. The van der Waals surface area contributed by atoms with E-state index in [9.17, 15) is 36.4 Å². The number of nitrogens with one attached hydrogen (secondary N) is 3. The van der Waals surface area contributed by atoms with Crippen LogP contribution < -0.4 is 24.8 Å². The molecule has 14 nitrogen and oxygen atoms in total. The van der Waals surface area contributed by atoms with Gasteiger partial charge in [0.05, 0.1) is 25.2 Å². The molecule has 1 aromatic heterocycles. The van der Waals surface area contributed by atoms with Crippen molar-refractivity contribution in [3.05, 3.63) is 42.4 Å². The zero-order chi connectivity index (χ0) is 40.8. The Morgan fingerprint density at radius 3 is 2.52 bits per heavy atom. The smallest absolute Gasteiger partial charge is 0.408 e. The molecule has 56 heavy (non-hydrogen) atoms. The van der Waals surface area contributed by atoms with Gasteiger partial charge in [-0.3, -0.25) is 19.1 Å². The van der Waals surface area contributed by atoms with Gasteiger partial charge in [0.1, 0.15) is 52.3 Å². The molecule has 0 radical (unpaired) electrons. The highest BCUT2D eigenvalue weighted by atomic mass is 32.2. The average molecular weight is 804 g/mol. The van der Waals surface area contributed by atoms with Crippen LogP contribution in [0.3, 0.4) is 0 Å². The third-order valence-electron chi connectivity index (χ3n) is 11.2. The minimum absolute atomic E-state index is 0.0295. The van der Waals surface area contributed by atoms with E-state index in [1.54, 1.807) is 26.8 Å². The first-order valence-electron chi connectivity index (χ1n) is 19.0. The zero-order valence-corrected chi connectivity index (χ0v) is 33.3. The Bertz CT molecular complexity index is 2020. The fourth-order valence-corrected chi connectivity index (χ4v) is 9.19. The molecule has 6 rings (SSSR count). The SMILES string of the molecule is COc1cnc(OC2CC3C(=O)NC4(C(=O)NS(=O)(=O)C5(CF)CC5)CC4C=CCCC(C)CC(C)C(NC(=O)OC(C)(C)C)C(=O)N3C2)c2cc(F)ccc12. The number of halogens is 2. The van der Waals surface area contributed by atoms with Crippen LogP contribution >= 0.6 is 0 Å². The number of carbonyl (C=O) groups is 4. The number of methoxy groups -OCH3 is 1. The van der Waals surface area contributed by atoms with Crippen molar-refractivity contribution in [1.82, 2.24) is 25.2 Å². The van der Waals surface area contributed by atoms with Crippen molar-refractivity contribution < 1.29 is 50.6 Å². The average Bonchev–Trinajstić information content (AvgIpc) is 4.02. The third-order valence-corrected chi connectivity index (χ3v) is 13.3. The normalized spacial score (nSPS) is 29.2. The highest BCUT2D eigenvalue weighted by molar-refractivity contribution is 7.91. The molecular formula is C39H51F2N5O9S. The van der Waals surface area contributed by atoms with Crippen LogP contribution in [0.25, 0.3) is 10.8 Å². The second kappa shape index (κ2) is 15.4. The summed E-state index contributed by atoms with van der Waals surface area (Å²) in [6.07, 6.45) is 5.30. The van der Waals surface area contributed by atoms with E-state index < -0.39 is 92.2 Å². The highest BCUT2D eigenvalue weighted by Gasteiger charge is 2.64. The van der Waals surface area contributed by atoms with Crippen LogP contribution in [-0.4, -0.2) is 96.5 Å². The van der Waals surface area contributed by atoms with Gasteiger partial charge in [0.15, 0.2) is 0 Å². The Hall–Kier alpha value is -4.54. The summed E-state index contributed by atoms with van der Waals surface area (Å²) in [5, 5.41) is 6.34. The maximum atomic E-state index is 14.7. The van der Waals surface area contributed by atoms with E-state index in [-0.39, 0.29) is 44.0 Å². The van der Waals surface area contributed by atoms with E-state index in [4.69, 9.17) is 14.2 Å². The van der Waals surface area contributed by atoms with Crippen molar-refractivity contribution in [3.8, 4) is 11.6 Å². The number of alkyl halides is 1. The number of sulfonamides is 1. The highest BCUT2D eigenvalue weighted by Crippen LogP contribution is 2.48. The molecule has 7 atom stereocenters. The summed E-state index contributed by atoms with van der Waals surface area (Å²) in [6, 6.07) is 1.62.